The van der Waals surface area contributed by atoms with Gasteiger partial charge in [0.2, 0.25) is 5.89 Å². The van der Waals surface area contributed by atoms with Crippen LogP contribution >= 0.6 is 0 Å². The van der Waals surface area contributed by atoms with E-state index in [0.29, 0.717) is 5.69 Å². The minimum Gasteiger partial charge on any atom is -0.467 e. The van der Waals surface area contributed by atoms with Crippen LogP contribution in [0.25, 0.3) is 0 Å². The van der Waals surface area contributed by atoms with E-state index in [2.05, 4.69) is 30.2 Å². The molecule has 0 aliphatic carbocycles. The van der Waals surface area contributed by atoms with Crippen LogP contribution in [0.4, 0.5) is 0 Å². The van der Waals surface area contributed by atoms with Gasteiger partial charge < -0.3 is 19.6 Å². The van der Waals surface area contributed by atoms with Crippen LogP contribution < -0.4 is 5.32 Å². The Morgan fingerprint density at radius 3 is 2.90 bits per heavy atom. The van der Waals surface area contributed by atoms with Crippen molar-refractivity contribution < 1.29 is 18.8 Å². The van der Waals surface area contributed by atoms with Crippen molar-refractivity contribution >= 4 is 11.9 Å². The van der Waals surface area contributed by atoms with E-state index < -0.39 is 17.9 Å². The molecule has 1 atom stereocenters. The van der Waals surface area contributed by atoms with Crippen molar-refractivity contribution in [1.82, 2.24) is 25.4 Å². The number of imidazole rings is 1. The molecule has 0 saturated carbocycles. The number of aromatic nitrogens is 4. The van der Waals surface area contributed by atoms with Crippen molar-refractivity contribution in [3.63, 3.8) is 0 Å². The maximum Gasteiger partial charge on any atom is 0.328 e. The largest absolute Gasteiger partial charge is 0.467 e. The van der Waals surface area contributed by atoms with Gasteiger partial charge in [-0.15, -0.1) is 0 Å². The summed E-state index contributed by atoms with van der Waals surface area (Å²) in [6, 6.07) is -0.869. The number of carbonyl (C=O) groups is 2. The van der Waals surface area contributed by atoms with Crippen LogP contribution in [0.1, 0.15) is 22.2 Å². The van der Waals surface area contributed by atoms with Gasteiger partial charge in [-0.1, -0.05) is 5.16 Å². The third-order valence-electron chi connectivity index (χ3n) is 2.50. The molecular weight excluding hydrogens is 266 g/mol. The molecule has 20 heavy (non-hydrogen) atoms. The molecule has 0 saturated heterocycles. The molecule has 2 heterocycles. The number of esters is 1. The van der Waals surface area contributed by atoms with Gasteiger partial charge >= 0.3 is 5.97 Å². The van der Waals surface area contributed by atoms with E-state index in [1.165, 1.54) is 13.4 Å². The van der Waals surface area contributed by atoms with Gasteiger partial charge in [-0.05, 0) is 0 Å². The number of hydrogen-bond donors (Lipinski definition) is 2. The fraction of sp³-hybridized carbons (Fsp3) is 0.364. The summed E-state index contributed by atoms with van der Waals surface area (Å²) in [6.07, 6.45) is 3.25. The van der Waals surface area contributed by atoms with Gasteiger partial charge in [0.05, 0.1) is 13.4 Å². The monoisotopic (exact) mass is 279 g/mol. The lowest BCUT2D eigenvalue weighted by molar-refractivity contribution is -0.142. The van der Waals surface area contributed by atoms with Gasteiger partial charge in [0.15, 0.2) is 0 Å². The molecule has 0 aliphatic rings. The first kappa shape index (κ1) is 13.7. The van der Waals surface area contributed by atoms with E-state index in [9.17, 15) is 9.59 Å². The minimum absolute atomic E-state index is 0.138. The molecule has 2 rings (SSSR count). The Morgan fingerprint density at radius 2 is 2.35 bits per heavy atom. The van der Waals surface area contributed by atoms with Crippen molar-refractivity contribution in [3.8, 4) is 0 Å². The second-order valence-electron chi connectivity index (χ2n) is 3.97. The highest BCUT2D eigenvalue weighted by Gasteiger charge is 2.25. The van der Waals surface area contributed by atoms with Crippen molar-refractivity contribution in [2.45, 2.75) is 19.4 Å². The average molecular weight is 279 g/mol. The zero-order valence-corrected chi connectivity index (χ0v) is 10.9. The maximum atomic E-state index is 11.9. The number of ether oxygens (including phenoxy) is 1. The number of amides is 1. The van der Waals surface area contributed by atoms with Crippen molar-refractivity contribution in [1.29, 1.82) is 0 Å². The first-order valence-electron chi connectivity index (χ1n) is 5.76. The van der Waals surface area contributed by atoms with Crippen molar-refractivity contribution in [3.05, 3.63) is 29.9 Å². The molecule has 0 unspecified atom stereocenters. The smallest absolute Gasteiger partial charge is 0.328 e. The standard InChI is InChI=1S/C11H13N5O4/c1-6-14-9(16-20-6)10(17)15-8(11(18)19-2)3-7-4-12-5-13-7/h4-5,8H,3H2,1-2H3,(H,12,13)(H,15,17)/t8-/m0/s1. The molecule has 2 aromatic rings. The minimum atomic E-state index is -0.869. The summed E-state index contributed by atoms with van der Waals surface area (Å²) in [4.78, 5) is 34.0. The van der Waals surface area contributed by atoms with E-state index in [1.54, 1.807) is 13.1 Å². The molecule has 9 heteroatoms. The lowest BCUT2D eigenvalue weighted by atomic mass is 10.1. The highest BCUT2D eigenvalue weighted by Crippen LogP contribution is 2.02. The van der Waals surface area contributed by atoms with Crippen molar-refractivity contribution in [2.24, 2.45) is 0 Å². The Kier molecular flexibility index (Phi) is 4.08. The lowest BCUT2D eigenvalue weighted by Crippen LogP contribution is -2.43. The first-order chi connectivity index (χ1) is 9.60. The van der Waals surface area contributed by atoms with Crippen LogP contribution in [-0.4, -0.2) is 45.1 Å². The van der Waals surface area contributed by atoms with Gasteiger partial charge in [-0.3, -0.25) is 4.79 Å². The van der Waals surface area contributed by atoms with Gasteiger partial charge in [0.1, 0.15) is 6.04 Å². The highest BCUT2D eigenvalue weighted by molar-refractivity contribution is 5.93. The average Bonchev–Trinajstić information content (AvgIpc) is 3.08. The van der Waals surface area contributed by atoms with Crippen LogP contribution in [0, 0.1) is 6.92 Å². The summed E-state index contributed by atoms with van der Waals surface area (Å²) in [5.41, 5.74) is 0.685. The van der Waals surface area contributed by atoms with Crippen LogP contribution in [0.3, 0.4) is 0 Å². The molecule has 0 bridgehead atoms. The highest BCUT2D eigenvalue weighted by atomic mass is 16.5. The van der Waals surface area contributed by atoms with Gasteiger partial charge in [0, 0.05) is 25.2 Å². The van der Waals surface area contributed by atoms with E-state index in [-0.39, 0.29) is 18.1 Å². The summed E-state index contributed by atoms with van der Waals surface area (Å²) in [7, 11) is 1.24. The fourth-order valence-electron chi connectivity index (χ4n) is 1.57. The number of nitrogens with one attached hydrogen (secondary N) is 2. The van der Waals surface area contributed by atoms with E-state index in [0.717, 1.165) is 0 Å². The maximum absolute atomic E-state index is 11.9. The second kappa shape index (κ2) is 5.95. The molecule has 9 nitrogen and oxygen atoms in total. The molecule has 0 fully saturated rings. The summed E-state index contributed by atoms with van der Waals surface area (Å²) in [5.74, 6) is -1.07. The first-order valence-corrected chi connectivity index (χ1v) is 5.76. The van der Waals surface area contributed by atoms with Gasteiger partial charge in [-0.25, -0.2) is 9.78 Å². The molecule has 1 amide bonds. The molecule has 106 valence electrons. The van der Waals surface area contributed by atoms with Gasteiger partial charge in [0.25, 0.3) is 11.7 Å². The Hall–Kier alpha value is -2.71. The number of rotatable bonds is 5. The number of aromatic amines is 1. The zero-order valence-electron chi connectivity index (χ0n) is 10.9. The molecular formula is C11H13N5O4. The third kappa shape index (κ3) is 3.19. The van der Waals surface area contributed by atoms with Gasteiger partial charge in [-0.2, -0.15) is 4.98 Å². The van der Waals surface area contributed by atoms with E-state index in [1.807, 2.05) is 0 Å². The van der Waals surface area contributed by atoms with Crippen LogP contribution in [0.15, 0.2) is 17.0 Å². The van der Waals surface area contributed by atoms with Crippen molar-refractivity contribution in [2.75, 3.05) is 7.11 Å². The predicted molar refractivity (Wildman–Crippen MR) is 64.6 cm³/mol. The molecule has 2 N–H and O–H groups in total. The molecule has 2 aromatic heterocycles. The summed E-state index contributed by atoms with van der Waals surface area (Å²) in [5, 5.41) is 5.97. The Labute approximate surface area is 113 Å². The predicted octanol–water partition coefficient (Wildman–Crippen LogP) is -0.385. The number of aryl methyl sites for hydroxylation is 1. The number of H-pyrrole nitrogens is 1. The lowest BCUT2D eigenvalue weighted by Gasteiger charge is -2.14. The molecule has 0 aliphatic heterocycles. The third-order valence-corrected chi connectivity index (χ3v) is 2.50. The van der Waals surface area contributed by atoms with E-state index >= 15 is 0 Å². The number of hydrogen-bond acceptors (Lipinski definition) is 7. The Balaban J connectivity index is 2.07. The topological polar surface area (TPSA) is 123 Å². The quantitative estimate of drug-likeness (QED) is 0.715. The summed E-state index contributed by atoms with van der Waals surface area (Å²) >= 11 is 0. The van der Waals surface area contributed by atoms with Crippen LogP contribution in [0.2, 0.25) is 0 Å². The molecule has 0 radical (unpaired) electrons. The van der Waals surface area contributed by atoms with E-state index in [4.69, 9.17) is 4.52 Å². The number of nitrogens with zero attached hydrogens (tertiary/aromatic N) is 3. The molecule has 0 aromatic carbocycles. The number of methoxy groups -OCH3 is 1. The SMILES string of the molecule is COC(=O)[C@H](Cc1cnc[nH]1)NC(=O)c1noc(C)n1. The van der Waals surface area contributed by atoms with Crippen LogP contribution in [0.5, 0.6) is 0 Å². The Bertz CT molecular complexity index is 592. The molecule has 0 spiro atoms. The summed E-state index contributed by atoms with van der Waals surface area (Å²) < 4.78 is 9.36. The zero-order chi connectivity index (χ0) is 14.5. The normalized spacial score (nSPS) is 11.9. The number of carbonyl (C=O) groups excluding carboxylic acids is 2. The Morgan fingerprint density at radius 1 is 1.55 bits per heavy atom. The van der Waals surface area contributed by atoms with Crippen LogP contribution in [-0.2, 0) is 16.0 Å². The fourth-order valence-corrected chi connectivity index (χ4v) is 1.57. The summed E-state index contributed by atoms with van der Waals surface area (Å²) in [6.45, 7) is 1.56. The second-order valence-corrected chi connectivity index (χ2v) is 3.97.